The first-order chi connectivity index (χ1) is 16.3. The second-order valence-corrected chi connectivity index (χ2v) is 8.44. The molecule has 1 heterocycles. The Balaban J connectivity index is 1.81. The van der Waals surface area contributed by atoms with E-state index in [1.54, 1.807) is 30.2 Å². The number of nitrogens with one attached hydrogen (secondary N) is 1. The van der Waals surface area contributed by atoms with Crippen LogP contribution in [0.2, 0.25) is 0 Å². The Kier molecular flexibility index (Phi) is 6.41. The monoisotopic (exact) mass is 456 g/mol. The molecule has 0 atom stereocenters. The fourth-order valence-electron chi connectivity index (χ4n) is 3.96. The van der Waals surface area contributed by atoms with Gasteiger partial charge in [0, 0.05) is 22.3 Å². The number of aromatic amines is 1. The van der Waals surface area contributed by atoms with Crippen LogP contribution in [-0.2, 0) is 6.54 Å². The van der Waals surface area contributed by atoms with Gasteiger partial charge in [0.15, 0.2) is 11.5 Å². The standard InChI is InChI=1S/C28H28N2O4/c1-17-6-10-24-21(12-17)14-22(27(31)29-24)16-30(23-9-7-18(2)19(3)13-23)28(32)20-8-11-25(33-4)26(15-20)34-5/h6-15H,16H2,1-5H3,(H,29,31). The summed E-state index contributed by atoms with van der Waals surface area (Å²) in [5.41, 5.74) is 5.49. The topological polar surface area (TPSA) is 71.6 Å². The van der Waals surface area contributed by atoms with Crippen LogP contribution >= 0.6 is 0 Å². The van der Waals surface area contributed by atoms with Crippen LogP contribution in [0.1, 0.15) is 32.6 Å². The number of anilines is 1. The first kappa shape index (κ1) is 23.1. The number of fused-ring (bicyclic) bond motifs is 1. The number of aryl methyl sites for hydroxylation is 3. The Morgan fingerprint density at radius 1 is 0.853 bits per heavy atom. The molecule has 0 aliphatic rings. The van der Waals surface area contributed by atoms with E-state index in [-0.39, 0.29) is 18.0 Å². The van der Waals surface area contributed by atoms with Crippen molar-refractivity contribution in [1.29, 1.82) is 0 Å². The van der Waals surface area contributed by atoms with Crippen molar-refractivity contribution in [3.63, 3.8) is 0 Å². The second kappa shape index (κ2) is 9.43. The third-order valence-electron chi connectivity index (χ3n) is 6.08. The van der Waals surface area contributed by atoms with E-state index in [1.807, 2.05) is 63.2 Å². The molecule has 174 valence electrons. The third kappa shape index (κ3) is 4.53. The SMILES string of the molecule is COc1ccc(C(=O)N(Cc2cc3cc(C)ccc3[nH]c2=O)c2ccc(C)c(C)c2)cc1OC. The number of nitrogens with zero attached hydrogens (tertiary/aromatic N) is 1. The number of methoxy groups -OCH3 is 2. The Bertz CT molecular complexity index is 1440. The molecule has 1 aromatic heterocycles. The molecule has 6 nitrogen and oxygen atoms in total. The summed E-state index contributed by atoms with van der Waals surface area (Å²) in [6, 6.07) is 18.6. The van der Waals surface area contributed by atoms with E-state index in [9.17, 15) is 9.59 Å². The number of H-pyrrole nitrogens is 1. The predicted molar refractivity (Wildman–Crippen MR) is 135 cm³/mol. The maximum Gasteiger partial charge on any atom is 0.258 e. The summed E-state index contributed by atoms with van der Waals surface area (Å²) in [4.78, 5) is 31.2. The molecule has 0 bridgehead atoms. The van der Waals surface area contributed by atoms with Crippen molar-refractivity contribution in [3.8, 4) is 11.5 Å². The number of carbonyl (C=O) groups excluding carboxylic acids is 1. The third-order valence-corrected chi connectivity index (χ3v) is 6.08. The number of rotatable bonds is 6. The molecule has 0 spiro atoms. The zero-order chi connectivity index (χ0) is 24.4. The molecule has 0 aliphatic carbocycles. The minimum absolute atomic E-state index is 0.120. The molecular formula is C28H28N2O4. The molecule has 0 unspecified atom stereocenters. The molecule has 1 amide bonds. The molecular weight excluding hydrogens is 428 g/mol. The number of ether oxygens (including phenoxy) is 2. The van der Waals surface area contributed by atoms with Crippen LogP contribution in [0.5, 0.6) is 11.5 Å². The van der Waals surface area contributed by atoms with Crippen molar-refractivity contribution in [1.82, 2.24) is 4.98 Å². The van der Waals surface area contributed by atoms with Gasteiger partial charge in [-0.1, -0.05) is 17.7 Å². The van der Waals surface area contributed by atoms with Gasteiger partial charge in [-0.15, -0.1) is 0 Å². The molecule has 0 fully saturated rings. The smallest absolute Gasteiger partial charge is 0.258 e. The van der Waals surface area contributed by atoms with Crippen molar-refractivity contribution < 1.29 is 14.3 Å². The Morgan fingerprint density at radius 2 is 1.62 bits per heavy atom. The second-order valence-electron chi connectivity index (χ2n) is 8.44. The van der Waals surface area contributed by atoms with Crippen molar-refractivity contribution in [2.45, 2.75) is 27.3 Å². The molecule has 6 heteroatoms. The van der Waals surface area contributed by atoms with E-state index in [2.05, 4.69) is 4.98 Å². The van der Waals surface area contributed by atoms with Crippen LogP contribution in [0.25, 0.3) is 10.9 Å². The highest BCUT2D eigenvalue weighted by atomic mass is 16.5. The van der Waals surface area contributed by atoms with Gasteiger partial charge in [0.25, 0.3) is 11.5 Å². The van der Waals surface area contributed by atoms with Crippen LogP contribution in [0, 0.1) is 20.8 Å². The zero-order valence-electron chi connectivity index (χ0n) is 20.1. The minimum Gasteiger partial charge on any atom is -0.493 e. The number of benzene rings is 3. The highest BCUT2D eigenvalue weighted by molar-refractivity contribution is 6.06. The lowest BCUT2D eigenvalue weighted by atomic mass is 10.1. The number of amides is 1. The van der Waals surface area contributed by atoms with Gasteiger partial charge < -0.3 is 19.4 Å². The average Bonchev–Trinajstić information content (AvgIpc) is 2.83. The van der Waals surface area contributed by atoms with Crippen LogP contribution in [-0.4, -0.2) is 25.1 Å². The van der Waals surface area contributed by atoms with E-state index in [4.69, 9.17) is 9.47 Å². The van der Waals surface area contributed by atoms with E-state index >= 15 is 0 Å². The van der Waals surface area contributed by atoms with Gasteiger partial charge in [-0.25, -0.2) is 0 Å². The lowest BCUT2D eigenvalue weighted by molar-refractivity contribution is 0.0984. The lowest BCUT2D eigenvalue weighted by Gasteiger charge is -2.24. The molecule has 3 aromatic carbocycles. The summed E-state index contributed by atoms with van der Waals surface area (Å²) in [6.45, 7) is 6.15. The number of hydrogen-bond donors (Lipinski definition) is 1. The van der Waals surface area contributed by atoms with E-state index in [1.165, 1.54) is 7.11 Å². The summed E-state index contributed by atoms with van der Waals surface area (Å²) in [5.74, 6) is 0.762. The molecule has 0 aliphatic heterocycles. The van der Waals surface area contributed by atoms with Crippen LogP contribution in [0.4, 0.5) is 5.69 Å². The summed E-state index contributed by atoms with van der Waals surface area (Å²) in [5, 5.41) is 0.924. The van der Waals surface area contributed by atoms with Gasteiger partial charge in [0.1, 0.15) is 0 Å². The van der Waals surface area contributed by atoms with Crippen molar-refractivity contribution >= 4 is 22.5 Å². The van der Waals surface area contributed by atoms with Gasteiger partial charge in [0.05, 0.1) is 20.8 Å². The molecule has 1 N–H and O–H groups in total. The molecule has 4 rings (SSSR count). The Labute approximate surface area is 198 Å². The van der Waals surface area contributed by atoms with Crippen molar-refractivity contribution in [2.75, 3.05) is 19.1 Å². The van der Waals surface area contributed by atoms with Gasteiger partial charge in [-0.05, 0) is 85.8 Å². The summed E-state index contributed by atoms with van der Waals surface area (Å²) >= 11 is 0. The van der Waals surface area contributed by atoms with Gasteiger partial charge >= 0.3 is 0 Å². The maximum absolute atomic E-state index is 13.8. The van der Waals surface area contributed by atoms with Crippen LogP contribution in [0.3, 0.4) is 0 Å². The molecule has 0 saturated carbocycles. The van der Waals surface area contributed by atoms with Crippen molar-refractivity contribution in [2.24, 2.45) is 0 Å². The van der Waals surface area contributed by atoms with Crippen LogP contribution in [0.15, 0.2) is 65.5 Å². The quantitative estimate of drug-likeness (QED) is 0.426. The van der Waals surface area contributed by atoms with Gasteiger partial charge in [-0.3, -0.25) is 9.59 Å². The average molecular weight is 457 g/mol. The summed E-state index contributed by atoms with van der Waals surface area (Å²) < 4.78 is 10.7. The first-order valence-corrected chi connectivity index (χ1v) is 11.0. The molecule has 4 aromatic rings. The highest BCUT2D eigenvalue weighted by Gasteiger charge is 2.22. The highest BCUT2D eigenvalue weighted by Crippen LogP contribution is 2.30. The number of hydrogen-bond acceptors (Lipinski definition) is 4. The molecule has 0 radical (unpaired) electrons. The van der Waals surface area contributed by atoms with Crippen molar-refractivity contribution in [3.05, 3.63) is 98.8 Å². The molecule has 0 saturated heterocycles. The Morgan fingerprint density at radius 3 is 2.32 bits per heavy atom. The number of carbonyl (C=O) groups is 1. The van der Waals surface area contributed by atoms with Gasteiger partial charge in [-0.2, -0.15) is 0 Å². The first-order valence-electron chi connectivity index (χ1n) is 11.0. The van der Waals surface area contributed by atoms with Gasteiger partial charge in [0.2, 0.25) is 0 Å². The zero-order valence-corrected chi connectivity index (χ0v) is 20.1. The predicted octanol–water partition coefficient (Wildman–Crippen LogP) is 5.32. The number of aromatic nitrogens is 1. The summed E-state index contributed by atoms with van der Waals surface area (Å²) in [6.07, 6.45) is 0. The normalized spacial score (nSPS) is 10.9. The fraction of sp³-hybridized carbons (Fsp3) is 0.214. The largest absolute Gasteiger partial charge is 0.493 e. The molecule has 34 heavy (non-hydrogen) atoms. The maximum atomic E-state index is 13.8. The number of pyridine rings is 1. The van der Waals surface area contributed by atoms with E-state index in [0.717, 1.165) is 27.6 Å². The lowest BCUT2D eigenvalue weighted by Crippen LogP contribution is -2.33. The summed E-state index contributed by atoms with van der Waals surface area (Å²) in [7, 11) is 3.08. The van der Waals surface area contributed by atoms with E-state index < -0.39 is 0 Å². The van der Waals surface area contributed by atoms with E-state index in [0.29, 0.717) is 28.3 Å². The van der Waals surface area contributed by atoms with Crippen LogP contribution < -0.4 is 19.9 Å². The minimum atomic E-state index is -0.243. The fourth-order valence-corrected chi connectivity index (χ4v) is 3.96. The Hall–Kier alpha value is -4.06.